The molecule has 0 aliphatic carbocycles. The van der Waals surface area contributed by atoms with Gasteiger partial charge in [-0.25, -0.2) is 0 Å². The molecule has 2 atom stereocenters. The molecular weight excluding hydrogens is 374 g/mol. The summed E-state index contributed by atoms with van der Waals surface area (Å²) in [7, 11) is 1.73. The normalized spacial score (nSPS) is 17.9. The minimum absolute atomic E-state index is 0.0134. The van der Waals surface area contributed by atoms with Gasteiger partial charge in [-0.1, -0.05) is 48.0 Å². The molecule has 1 aliphatic heterocycles. The molecule has 2 heterocycles. The Morgan fingerprint density at radius 2 is 1.96 bits per heavy atom. The highest BCUT2D eigenvalue weighted by Gasteiger charge is 2.32. The van der Waals surface area contributed by atoms with Crippen molar-refractivity contribution in [2.75, 3.05) is 20.1 Å². The second-order valence-corrected chi connectivity index (χ2v) is 7.69. The van der Waals surface area contributed by atoms with Gasteiger partial charge in [0.25, 0.3) is 0 Å². The van der Waals surface area contributed by atoms with Crippen molar-refractivity contribution >= 4 is 34.3 Å². The van der Waals surface area contributed by atoms with Gasteiger partial charge in [-0.15, -0.1) is 0 Å². The first-order chi connectivity index (χ1) is 13.5. The van der Waals surface area contributed by atoms with Crippen LogP contribution in [0.5, 0.6) is 0 Å². The number of aromatic amines is 1. The van der Waals surface area contributed by atoms with Gasteiger partial charge >= 0.3 is 0 Å². The Kier molecular flexibility index (Phi) is 5.09. The fraction of sp³-hybridized carbons (Fsp3) is 0.273. The maximum absolute atomic E-state index is 12.7. The number of likely N-dealkylation sites (tertiary alicyclic amines) is 1. The van der Waals surface area contributed by atoms with Gasteiger partial charge in [0.2, 0.25) is 11.8 Å². The van der Waals surface area contributed by atoms with E-state index in [9.17, 15) is 9.59 Å². The van der Waals surface area contributed by atoms with Crippen molar-refractivity contribution in [1.29, 1.82) is 0 Å². The Morgan fingerprint density at radius 3 is 2.71 bits per heavy atom. The first kappa shape index (κ1) is 18.6. The van der Waals surface area contributed by atoms with Crippen molar-refractivity contribution in [3.8, 4) is 0 Å². The molecule has 0 spiro atoms. The summed E-state index contributed by atoms with van der Waals surface area (Å²) in [4.78, 5) is 29.3. The average Bonchev–Trinajstić information content (AvgIpc) is 3.27. The highest BCUT2D eigenvalue weighted by atomic mass is 35.5. The van der Waals surface area contributed by atoms with Crippen LogP contribution in [-0.2, 0) is 9.59 Å². The van der Waals surface area contributed by atoms with E-state index >= 15 is 0 Å². The maximum Gasteiger partial charge on any atom is 0.225 e. The molecule has 3 aromatic rings. The van der Waals surface area contributed by atoms with Gasteiger partial charge < -0.3 is 15.2 Å². The maximum atomic E-state index is 12.7. The van der Waals surface area contributed by atoms with Crippen LogP contribution < -0.4 is 5.32 Å². The molecule has 2 aromatic carbocycles. The zero-order chi connectivity index (χ0) is 19.7. The van der Waals surface area contributed by atoms with Crippen LogP contribution in [0.2, 0.25) is 5.02 Å². The SMILES string of the molecule is CN1C[C@H](C(=O)NC[C@H](c2ccccc2Cl)c2c[nH]c3ccccc23)CC1=O. The summed E-state index contributed by atoms with van der Waals surface area (Å²) < 4.78 is 0. The Bertz CT molecular complexity index is 1030. The zero-order valence-corrected chi connectivity index (χ0v) is 16.4. The summed E-state index contributed by atoms with van der Waals surface area (Å²) in [6, 6.07) is 15.8. The molecule has 0 bridgehead atoms. The van der Waals surface area contributed by atoms with Crippen LogP contribution in [0, 0.1) is 5.92 Å². The number of halogens is 1. The summed E-state index contributed by atoms with van der Waals surface area (Å²) >= 11 is 6.49. The Balaban J connectivity index is 1.62. The number of amides is 2. The van der Waals surface area contributed by atoms with E-state index < -0.39 is 0 Å². The molecule has 1 aromatic heterocycles. The number of carbonyl (C=O) groups is 2. The molecule has 0 radical (unpaired) electrons. The minimum atomic E-state index is -0.299. The number of carbonyl (C=O) groups excluding carboxylic acids is 2. The molecule has 1 aliphatic rings. The lowest BCUT2D eigenvalue weighted by Crippen LogP contribution is -2.35. The average molecular weight is 396 g/mol. The lowest BCUT2D eigenvalue weighted by atomic mass is 9.90. The highest BCUT2D eigenvalue weighted by Crippen LogP contribution is 2.34. The van der Waals surface area contributed by atoms with Crippen LogP contribution in [0.25, 0.3) is 10.9 Å². The van der Waals surface area contributed by atoms with Crippen molar-refractivity contribution in [2.45, 2.75) is 12.3 Å². The van der Waals surface area contributed by atoms with Gasteiger partial charge in [0, 0.05) is 54.6 Å². The van der Waals surface area contributed by atoms with Gasteiger partial charge in [-0.2, -0.15) is 0 Å². The number of nitrogens with zero attached hydrogens (tertiary/aromatic N) is 1. The number of aromatic nitrogens is 1. The minimum Gasteiger partial charge on any atom is -0.361 e. The number of benzene rings is 2. The Hall–Kier alpha value is -2.79. The number of nitrogens with one attached hydrogen (secondary N) is 2. The number of H-pyrrole nitrogens is 1. The second kappa shape index (κ2) is 7.68. The van der Waals surface area contributed by atoms with Gasteiger partial charge in [0.1, 0.15) is 0 Å². The molecule has 144 valence electrons. The van der Waals surface area contributed by atoms with Gasteiger partial charge in [0.15, 0.2) is 0 Å². The first-order valence-electron chi connectivity index (χ1n) is 9.36. The molecule has 2 amide bonds. The predicted molar refractivity (Wildman–Crippen MR) is 110 cm³/mol. The quantitative estimate of drug-likeness (QED) is 0.693. The van der Waals surface area contributed by atoms with E-state index in [1.54, 1.807) is 11.9 Å². The van der Waals surface area contributed by atoms with Crippen LogP contribution in [0.15, 0.2) is 54.7 Å². The lowest BCUT2D eigenvalue weighted by molar-refractivity contribution is -0.128. The van der Waals surface area contributed by atoms with E-state index in [2.05, 4.69) is 16.4 Å². The number of para-hydroxylation sites is 1. The number of hydrogen-bond donors (Lipinski definition) is 2. The topological polar surface area (TPSA) is 65.2 Å². The summed E-state index contributed by atoms with van der Waals surface area (Å²) in [5, 5.41) is 4.83. The van der Waals surface area contributed by atoms with E-state index in [1.807, 2.05) is 48.7 Å². The first-order valence-corrected chi connectivity index (χ1v) is 9.74. The third kappa shape index (κ3) is 3.50. The lowest BCUT2D eigenvalue weighted by Gasteiger charge is -2.20. The zero-order valence-electron chi connectivity index (χ0n) is 15.6. The molecule has 5 nitrogen and oxygen atoms in total. The third-order valence-electron chi connectivity index (χ3n) is 5.47. The van der Waals surface area contributed by atoms with Crippen LogP contribution in [-0.4, -0.2) is 41.8 Å². The monoisotopic (exact) mass is 395 g/mol. The molecule has 0 unspecified atom stereocenters. The van der Waals surface area contributed by atoms with E-state index in [-0.39, 0.29) is 30.1 Å². The van der Waals surface area contributed by atoms with E-state index in [1.165, 1.54) is 0 Å². The molecule has 28 heavy (non-hydrogen) atoms. The Morgan fingerprint density at radius 1 is 1.21 bits per heavy atom. The predicted octanol–water partition coefficient (Wildman–Crippen LogP) is 3.55. The van der Waals surface area contributed by atoms with Gasteiger partial charge in [-0.05, 0) is 23.3 Å². The molecule has 2 N–H and O–H groups in total. The molecule has 6 heteroatoms. The van der Waals surface area contributed by atoms with Crippen LogP contribution in [0.4, 0.5) is 0 Å². The molecule has 1 fully saturated rings. The fourth-order valence-corrected chi connectivity index (χ4v) is 4.18. The van der Waals surface area contributed by atoms with Gasteiger partial charge in [-0.3, -0.25) is 9.59 Å². The standard InChI is InChI=1S/C22H22ClN3O2/c1-26-13-14(10-21(26)27)22(28)25-12-17(15-6-2-4-8-19(15)23)18-11-24-20-9-5-3-7-16(18)20/h2-9,11,14,17,24H,10,12-13H2,1H3,(H,25,28)/t14-,17-/m1/s1. The van der Waals surface area contributed by atoms with E-state index in [4.69, 9.17) is 11.6 Å². The molecule has 1 saturated heterocycles. The van der Waals surface area contributed by atoms with Crippen molar-refractivity contribution in [1.82, 2.24) is 15.2 Å². The van der Waals surface area contributed by atoms with Crippen molar-refractivity contribution in [3.63, 3.8) is 0 Å². The van der Waals surface area contributed by atoms with E-state index in [0.717, 1.165) is 22.0 Å². The largest absolute Gasteiger partial charge is 0.361 e. The molecule has 4 rings (SSSR count). The Labute approximate surface area is 168 Å². The molecule has 0 saturated carbocycles. The van der Waals surface area contributed by atoms with Crippen LogP contribution in [0.3, 0.4) is 0 Å². The van der Waals surface area contributed by atoms with Crippen LogP contribution in [0.1, 0.15) is 23.5 Å². The van der Waals surface area contributed by atoms with Crippen molar-refractivity contribution < 1.29 is 9.59 Å². The summed E-state index contributed by atoms with van der Waals surface area (Å²) in [5.74, 6) is -0.468. The number of fused-ring (bicyclic) bond motifs is 1. The second-order valence-electron chi connectivity index (χ2n) is 7.28. The summed E-state index contributed by atoms with van der Waals surface area (Å²) in [6.07, 6.45) is 2.25. The number of hydrogen-bond acceptors (Lipinski definition) is 2. The molecular formula is C22H22ClN3O2. The number of rotatable bonds is 5. The third-order valence-corrected chi connectivity index (χ3v) is 5.81. The summed E-state index contributed by atoms with van der Waals surface area (Å²) in [6.45, 7) is 0.882. The smallest absolute Gasteiger partial charge is 0.225 e. The van der Waals surface area contributed by atoms with Crippen LogP contribution >= 0.6 is 11.6 Å². The van der Waals surface area contributed by atoms with Gasteiger partial charge in [0.05, 0.1) is 5.92 Å². The highest BCUT2D eigenvalue weighted by molar-refractivity contribution is 6.31. The summed E-state index contributed by atoms with van der Waals surface area (Å²) in [5.41, 5.74) is 3.10. The van der Waals surface area contributed by atoms with Crippen molar-refractivity contribution in [2.24, 2.45) is 5.92 Å². The fourth-order valence-electron chi connectivity index (χ4n) is 3.91. The van der Waals surface area contributed by atoms with E-state index in [0.29, 0.717) is 18.1 Å². The van der Waals surface area contributed by atoms with Crippen molar-refractivity contribution in [3.05, 3.63) is 70.9 Å².